The third-order valence-corrected chi connectivity index (χ3v) is 7.41. The maximum absolute atomic E-state index is 13.0. The van der Waals surface area contributed by atoms with Gasteiger partial charge in [0, 0.05) is 43.8 Å². The van der Waals surface area contributed by atoms with Crippen molar-refractivity contribution >= 4 is 25.3 Å². The number of hydrogen-bond donors (Lipinski definition) is 1. The van der Waals surface area contributed by atoms with Gasteiger partial charge in [0.25, 0.3) is 5.91 Å². The highest BCUT2D eigenvalue weighted by Crippen LogP contribution is 2.46. The summed E-state index contributed by atoms with van der Waals surface area (Å²) in [5.41, 5.74) is 6.12. The Bertz CT molecular complexity index is 1090. The second kappa shape index (κ2) is 7.08. The van der Waals surface area contributed by atoms with Gasteiger partial charge in [-0.05, 0) is 38.5 Å². The van der Waals surface area contributed by atoms with Crippen LogP contribution in [0.1, 0.15) is 24.0 Å². The fraction of sp³-hybridized carbons (Fsp3) is 0.381. The van der Waals surface area contributed by atoms with Gasteiger partial charge in [-0.15, -0.1) is 0 Å². The van der Waals surface area contributed by atoms with E-state index in [0.717, 1.165) is 59.8 Å². The maximum Gasteiger partial charge on any atom is 0.252 e. The Morgan fingerprint density at radius 2 is 1.97 bits per heavy atom. The van der Waals surface area contributed by atoms with Crippen LogP contribution in [0.2, 0.25) is 0 Å². The van der Waals surface area contributed by atoms with Crippen molar-refractivity contribution in [3.05, 3.63) is 59.0 Å². The number of nitrogens with one attached hydrogen (secondary N) is 1. The number of rotatable bonds is 2. The van der Waals surface area contributed by atoms with Gasteiger partial charge < -0.3 is 15.1 Å². The Labute approximate surface area is 171 Å². The van der Waals surface area contributed by atoms with Crippen molar-refractivity contribution in [2.75, 3.05) is 26.2 Å². The van der Waals surface area contributed by atoms with Crippen molar-refractivity contribution in [2.45, 2.75) is 26.6 Å². The third-order valence-electron chi connectivity index (χ3n) is 5.69. The zero-order chi connectivity index (χ0) is 20.1. The average molecular weight is 408 g/mol. The zero-order valence-corrected chi connectivity index (χ0v) is 17.9. The Hall–Kier alpha value is -2.50. The first kappa shape index (κ1) is 18.5. The van der Waals surface area contributed by atoms with Crippen LogP contribution >= 0.6 is 8.58 Å². The van der Waals surface area contributed by atoms with Gasteiger partial charge in [0.2, 0.25) is 0 Å². The van der Waals surface area contributed by atoms with Gasteiger partial charge in [0.15, 0.2) is 0 Å². The summed E-state index contributed by atoms with van der Waals surface area (Å²) in [7, 11) is 0.470. The number of aromatic nitrogens is 3. The van der Waals surface area contributed by atoms with Crippen LogP contribution in [0.25, 0.3) is 10.8 Å². The maximum atomic E-state index is 13.0. The molecule has 3 aliphatic heterocycles. The van der Waals surface area contributed by atoms with E-state index < -0.39 is 0 Å². The lowest BCUT2D eigenvalue weighted by Gasteiger charge is -2.39. The average Bonchev–Trinajstić information content (AvgIpc) is 3.13. The summed E-state index contributed by atoms with van der Waals surface area (Å²) in [5.74, 6) is 0.117. The molecule has 1 saturated heterocycles. The molecule has 1 fully saturated rings. The molecule has 150 valence electrons. The Kier molecular flexibility index (Phi) is 4.52. The first-order valence-electron chi connectivity index (χ1n) is 10.00. The zero-order valence-electron chi connectivity index (χ0n) is 16.9. The van der Waals surface area contributed by atoms with E-state index in [2.05, 4.69) is 28.2 Å². The van der Waals surface area contributed by atoms with Gasteiger partial charge in [0.1, 0.15) is 0 Å². The quantitative estimate of drug-likeness (QED) is 0.773. The molecule has 0 aromatic carbocycles. The summed E-state index contributed by atoms with van der Waals surface area (Å²) in [6.45, 7) is 10.0. The molecule has 2 aromatic rings. The minimum absolute atomic E-state index is 0.0342. The van der Waals surface area contributed by atoms with Gasteiger partial charge in [-0.3, -0.25) is 9.78 Å². The summed E-state index contributed by atoms with van der Waals surface area (Å²) >= 11 is 0. The van der Waals surface area contributed by atoms with Gasteiger partial charge in [0.05, 0.1) is 40.3 Å². The van der Waals surface area contributed by atoms with Crippen LogP contribution in [-0.2, 0) is 4.79 Å². The molecule has 5 heterocycles. The monoisotopic (exact) mass is 408 g/mol. The van der Waals surface area contributed by atoms with Crippen LogP contribution < -0.4 is 5.32 Å². The highest BCUT2D eigenvalue weighted by molar-refractivity contribution is 7.51. The van der Waals surface area contributed by atoms with E-state index in [0.29, 0.717) is 8.58 Å². The van der Waals surface area contributed by atoms with Crippen molar-refractivity contribution in [3.63, 3.8) is 0 Å². The molecule has 1 amide bonds. The van der Waals surface area contributed by atoms with E-state index >= 15 is 0 Å². The summed E-state index contributed by atoms with van der Waals surface area (Å²) in [5, 5.41) is 9.14. The van der Waals surface area contributed by atoms with E-state index in [4.69, 9.17) is 5.10 Å². The summed E-state index contributed by atoms with van der Waals surface area (Å²) in [6.07, 6.45) is 7.97. The summed E-state index contributed by atoms with van der Waals surface area (Å²) < 4.78 is 1.88. The highest BCUT2D eigenvalue weighted by Gasteiger charge is 2.33. The molecule has 2 unspecified atom stereocenters. The fourth-order valence-electron chi connectivity index (χ4n) is 4.21. The third kappa shape index (κ3) is 3.28. The predicted molar refractivity (Wildman–Crippen MR) is 116 cm³/mol. The molecule has 0 saturated carbocycles. The number of carbonyl (C=O) groups is 1. The second-order valence-electron chi connectivity index (χ2n) is 7.86. The molecule has 1 N–H and O–H groups in total. The molecule has 2 aromatic heterocycles. The van der Waals surface area contributed by atoms with Crippen LogP contribution in [0, 0.1) is 13.8 Å². The molecule has 8 heteroatoms. The van der Waals surface area contributed by atoms with Gasteiger partial charge in [-0.1, -0.05) is 8.58 Å². The SMILES string of the molecule is CC1=CC(N2CCNCC2)=CN2C(=O)C=C(c3cc4c(C)nc(C)cn4n3)PC12. The van der Waals surface area contributed by atoms with Crippen LogP contribution in [0.4, 0.5) is 0 Å². The van der Waals surface area contributed by atoms with E-state index in [-0.39, 0.29) is 11.7 Å². The predicted octanol–water partition coefficient (Wildman–Crippen LogP) is 2.24. The Balaban J connectivity index is 1.48. The van der Waals surface area contributed by atoms with Gasteiger partial charge in [-0.25, -0.2) is 4.52 Å². The molecule has 0 radical (unpaired) electrons. The van der Waals surface area contributed by atoms with Gasteiger partial charge >= 0.3 is 0 Å². The Morgan fingerprint density at radius 3 is 2.76 bits per heavy atom. The summed E-state index contributed by atoms with van der Waals surface area (Å²) in [6, 6.07) is 2.05. The van der Waals surface area contributed by atoms with Crippen molar-refractivity contribution in [3.8, 4) is 0 Å². The van der Waals surface area contributed by atoms with Crippen molar-refractivity contribution in [2.24, 2.45) is 0 Å². The standard InChI is InChI=1S/C21H25N6OP/c1-13-8-16(25-6-4-22-5-7-25)12-26-20(28)10-19(29-21(13)26)17-9-18-15(3)23-14(2)11-27(18)24-17/h8-12,21-22,29H,4-7H2,1-3H3. The molecule has 29 heavy (non-hydrogen) atoms. The fourth-order valence-corrected chi connectivity index (χ4v) is 5.64. The van der Waals surface area contributed by atoms with Crippen molar-refractivity contribution < 1.29 is 4.79 Å². The number of amides is 1. The molecular weight excluding hydrogens is 383 g/mol. The van der Waals surface area contributed by atoms with E-state index in [1.165, 1.54) is 5.57 Å². The number of hydrogen-bond acceptors (Lipinski definition) is 5. The van der Waals surface area contributed by atoms with Crippen molar-refractivity contribution in [1.29, 1.82) is 0 Å². The van der Waals surface area contributed by atoms with Gasteiger partial charge in [-0.2, -0.15) is 5.10 Å². The first-order valence-corrected chi connectivity index (χ1v) is 11.1. The largest absolute Gasteiger partial charge is 0.368 e. The molecule has 2 atom stereocenters. The Morgan fingerprint density at radius 1 is 1.17 bits per heavy atom. The van der Waals surface area contributed by atoms with E-state index in [1.807, 2.05) is 41.7 Å². The normalized spacial score (nSPS) is 23.2. The number of aryl methyl sites for hydroxylation is 2. The molecule has 0 aliphatic carbocycles. The van der Waals surface area contributed by atoms with Crippen LogP contribution in [0.15, 0.2) is 41.9 Å². The highest BCUT2D eigenvalue weighted by atomic mass is 31.1. The lowest BCUT2D eigenvalue weighted by Crippen LogP contribution is -2.45. The lowest BCUT2D eigenvalue weighted by atomic mass is 10.1. The second-order valence-corrected chi connectivity index (χ2v) is 9.23. The topological polar surface area (TPSA) is 65.8 Å². The number of piperazine rings is 1. The molecule has 5 rings (SSSR count). The minimum Gasteiger partial charge on any atom is -0.368 e. The number of nitrogens with zero attached hydrogens (tertiary/aromatic N) is 5. The number of fused-ring (bicyclic) bond motifs is 2. The smallest absolute Gasteiger partial charge is 0.252 e. The molecular formula is C21H25N6OP. The number of carbonyl (C=O) groups excluding carboxylic acids is 1. The molecule has 0 bridgehead atoms. The van der Waals surface area contributed by atoms with Crippen LogP contribution in [0.5, 0.6) is 0 Å². The van der Waals surface area contributed by atoms with E-state index in [1.54, 1.807) is 6.08 Å². The van der Waals surface area contributed by atoms with E-state index in [9.17, 15) is 4.79 Å². The number of allylic oxidation sites excluding steroid dienone is 1. The van der Waals surface area contributed by atoms with Crippen LogP contribution in [-0.4, -0.2) is 62.3 Å². The lowest BCUT2D eigenvalue weighted by molar-refractivity contribution is -0.124. The molecule has 3 aliphatic rings. The molecule has 0 spiro atoms. The molecule has 7 nitrogen and oxygen atoms in total. The summed E-state index contributed by atoms with van der Waals surface area (Å²) in [4.78, 5) is 21.8. The van der Waals surface area contributed by atoms with Crippen molar-refractivity contribution in [1.82, 2.24) is 29.7 Å². The first-order chi connectivity index (χ1) is 14.0. The van der Waals surface area contributed by atoms with Crippen LogP contribution in [0.3, 0.4) is 0 Å². The minimum atomic E-state index is 0.0342.